The number of nitrogens with zero attached hydrogens (tertiary/aromatic N) is 2. The summed E-state index contributed by atoms with van der Waals surface area (Å²) in [4.78, 5) is 12.6. The number of nitro benzene ring substituents is 1. The predicted octanol–water partition coefficient (Wildman–Crippen LogP) is 2.71. The molecule has 0 spiro atoms. The highest BCUT2D eigenvalue weighted by atomic mass is 16.6. The fourth-order valence-corrected chi connectivity index (χ4v) is 2.88. The van der Waals surface area contributed by atoms with Gasteiger partial charge in [-0.1, -0.05) is 13.8 Å². The van der Waals surface area contributed by atoms with Crippen LogP contribution >= 0.6 is 0 Å². The van der Waals surface area contributed by atoms with E-state index in [1.807, 2.05) is 0 Å². The molecule has 1 fully saturated rings. The molecular weight excluding hydrogens is 244 g/mol. The number of hydrogen-bond donors (Lipinski definition) is 1. The first-order valence-electron chi connectivity index (χ1n) is 6.69. The molecule has 1 aromatic rings. The summed E-state index contributed by atoms with van der Waals surface area (Å²) >= 11 is 0. The molecule has 1 saturated heterocycles. The van der Waals surface area contributed by atoms with Gasteiger partial charge in [-0.2, -0.15) is 0 Å². The van der Waals surface area contributed by atoms with E-state index in [9.17, 15) is 15.2 Å². The highest BCUT2D eigenvalue weighted by Crippen LogP contribution is 2.33. The average molecular weight is 264 g/mol. The topological polar surface area (TPSA) is 66.6 Å². The molecule has 1 aromatic carbocycles. The van der Waals surface area contributed by atoms with Crippen LogP contribution in [0.25, 0.3) is 0 Å². The number of anilines is 1. The van der Waals surface area contributed by atoms with Crippen LogP contribution in [0.15, 0.2) is 18.2 Å². The van der Waals surface area contributed by atoms with E-state index in [2.05, 4.69) is 18.7 Å². The second-order valence-electron chi connectivity index (χ2n) is 5.38. The standard InChI is InChI=1S/C14H20N2O3/c1-10(2)13-4-3-7-15(13)14-6-5-12(16(18)19)8-11(14)9-17/h5-6,8,10,13,17H,3-4,7,9H2,1-2H3. The van der Waals surface area contributed by atoms with Crippen molar-refractivity contribution >= 4 is 11.4 Å². The number of rotatable bonds is 4. The first-order valence-corrected chi connectivity index (χ1v) is 6.69. The minimum atomic E-state index is -0.424. The van der Waals surface area contributed by atoms with Crippen molar-refractivity contribution in [1.29, 1.82) is 0 Å². The van der Waals surface area contributed by atoms with Crippen LogP contribution in [0.5, 0.6) is 0 Å². The lowest BCUT2D eigenvalue weighted by molar-refractivity contribution is -0.384. The third-order valence-corrected chi connectivity index (χ3v) is 3.82. The van der Waals surface area contributed by atoms with Crippen molar-refractivity contribution in [2.45, 2.75) is 39.3 Å². The van der Waals surface area contributed by atoms with Crippen molar-refractivity contribution in [3.63, 3.8) is 0 Å². The van der Waals surface area contributed by atoms with E-state index in [1.54, 1.807) is 6.07 Å². The monoisotopic (exact) mass is 264 g/mol. The highest BCUT2D eigenvalue weighted by molar-refractivity contribution is 5.59. The molecule has 5 nitrogen and oxygen atoms in total. The zero-order valence-electron chi connectivity index (χ0n) is 11.4. The average Bonchev–Trinajstić information content (AvgIpc) is 2.87. The quantitative estimate of drug-likeness (QED) is 0.670. The van der Waals surface area contributed by atoms with Crippen molar-refractivity contribution in [3.05, 3.63) is 33.9 Å². The SMILES string of the molecule is CC(C)C1CCCN1c1ccc([N+](=O)[O-])cc1CO. The van der Waals surface area contributed by atoms with Gasteiger partial charge in [0.1, 0.15) is 0 Å². The molecule has 19 heavy (non-hydrogen) atoms. The second kappa shape index (κ2) is 5.57. The first-order chi connectivity index (χ1) is 9.04. The lowest BCUT2D eigenvalue weighted by atomic mass is 10.0. The normalized spacial score (nSPS) is 19.2. The van der Waals surface area contributed by atoms with Crippen LogP contribution in [0, 0.1) is 16.0 Å². The highest BCUT2D eigenvalue weighted by Gasteiger charge is 2.29. The Bertz CT molecular complexity index is 474. The van der Waals surface area contributed by atoms with Gasteiger partial charge >= 0.3 is 0 Å². The van der Waals surface area contributed by atoms with Crippen molar-refractivity contribution in [1.82, 2.24) is 0 Å². The zero-order valence-corrected chi connectivity index (χ0v) is 11.4. The fourth-order valence-electron chi connectivity index (χ4n) is 2.88. The Morgan fingerprint density at radius 3 is 2.84 bits per heavy atom. The van der Waals surface area contributed by atoms with Gasteiger partial charge in [0, 0.05) is 36.0 Å². The van der Waals surface area contributed by atoms with Crippen molar-refractivity contribution < 1.29 is 10.0 Å². The summed E-state index contributed by atoms with van der Waals surface area (Å²) in [5.41, 5.74) is 1.61. The van der Waals surface area contributed by atoms with E-state index in [1.165, 1.54) is 12.1 Å². The maximum atomic E-state index is 10.8. The molecule has 5 heteroatoms. The number of aliphatic hydroxyl groups is 1. The summed E-state index contributed by atoms with van der Waals surface area (Å²) in [5.74, 6) is 0.532. The molecule has 1 aliphatic heterocycles. The second-order valence-corrected chi connectivity index (χ2v) is 5.38. The third kappa shape index (κ3) is 2.71. The van der Waals surface area contributed by atoms with Gasteiger partial charge in [-0.3, -0.25) is 10.1 Å². The van der Waals surface area contributed by atoms with Crippen molar-refractivity contribution in [2.24, 2.45) is 5.92 Å². The molecule has 104 valence electrons. The van der Waals surface area contributed by atoms with Crippen molar-refractivity contribution in [3.8, 4) is 0 Å². The summed E-state index contributed by atoms with van der Waals surface area (Å²) < 4.78 is 0. The van der Waals surface area contributed by atoms with Gasteiger partial charge < -0.3 is 10.0 Å². The number of non-ortho nitro benzene ring substituents is 1. The third-order valence-electron chi connectivity index (χ3n) is 3.82. The van der Waals surface area contributed by atoms with Crippen LogP contribution < -0.4 is 4.90 Å². The predicted molar refractivity (Wildman–Crippen MR) is 74.2 cm³/mol. The van der Waals surface area contributed by atoms with Crippen LogP contribution in [0.4, 0.5) is 11.4 Å². The Labute approximate surface area is 113 Å². The minimum absolute atomic E-state index is 0.0353. The van der Waals surface area contributed by atoms with E-state index in [0.717, 1.165) is 25.1 Å². The summed E-state index contributed by atoms with van der Waals surface area (Å²) in [5, 5.41) is 20.2. The van der Waals surface area contributed by atoms with Gasteiger partial charge in [0.25, 0.3) is 5.69 Å². The molecule has 1 heterocycles. The maximum Gasteiger partial charge on any atom is 0.269 e. The minimum Gasteiger partial charge on any atom is -0.392 e. The van der Waals surface area contributed by atoms with Crippen LogP contribution in [-0.4, -0.2) is 22.6 Å². The fraction of sp³-hybridized carbons (Fsp3) is 0.571. The molecule has 1 unspecified atom stereocenters. The van der Waals surface area contributed by atoms with Crippen LogP contribution in [0.3, 0.4) is 0 Å². The molecule has 0 aromatic heterocycles. The van der Waals surface area contributed by atoms with Gasteiger partial charge in [0.15, 0.2) is 0 Å². The largest absolute Gasteiger partial charge is 0.392 e. The molecule has 0 aliphatic carbocycles. The first kappa shape index (κ1) is 13.8. The van der Waals surface area contributed by atoms with E-state index >= 15 is 0 Å². The zero-order chi connectivity index (χ0) is 14.0. The van der Waals surface area contributed by atoms with Gasteiger partial charge in [-0.05, 0) is 24.8 Å². The Morgan fingerprint density at radius 1 is 1.53 bits per heavy atom. The molecule has 0 radical (unpaired) electrons. The smallest absolute Gasteiger partial charge is 0.269 e. The molecule has 0 amide bonds. The summed E-state index contributed by atoms with van der Waals surface area (Å²) in [7, 11) is 0. The Kier molecular flexibility index (Phi) is 4.04. The van der Waals surface area contributed by atoms with Gasteiger partial charge in [-0.15, -0.1) is 0 Å². The number of aliphatic hydroxyl groups excluding tert-OH is 1. The number of nitro groups is 1. The van der Waals surface area contributed by atoms with Gasteiger partial charge in [-0.25, -0.2) is 0 Å². The maximum absolute atomic E-state index is 10.8. The lowest BCUT2D eigenvalue weighted by Gasteiger charge is -2.31. The molecule has 0 saturated carbocycles. The van der Waals surface area contributed by atoms with Crippen LogP contribution in [-0.2, 0) is 6.61 Å². The van der Waals surface area contributed by atoms with E-state index < -0.39 is 4.92 Å². The molecule has 2 rings (SSSR count). The van der Waals surface area contributed by atoms with E-state index in [4.69, 9.17) is 0 Å². The van der Waals surface area contributed by atoms with Crippen LogP contribution in [0.2, 0.25) is 0 Å². The molecule has 1 atom stereocenters. The number of hydrogen-bond acceptors (Lipinski definition) is 4. The van der Waals surface area contributed by atoms with Gasteiger partial charge in [0.05, 0.1) is 11.5 Å². The molecule has 1 aliphatic rings. The number of benzene rings is 1. The van der Waals surface area contributed by atoms with Crippen molar-refractivity contribution in [2.75, 3.05) is 11.4 Å². The summed E-state index contributed by atoms with van der Waals surface area (Å²) in [6.07, 6.45) is 2.27. The summed E-state index contributed by atoms with van der Waals surface area (Å²) in [6.45, 7) is 5.16. The summed E-state index contributed by atoms with van der Waals surface area (Å²) in [6, 6.07) is 5.21. The Morgan fingerprint density at radius 2 is 2.26 bits per heavy atom. The van der Waals surface area contributed by atoms with E-state index in [0.29, 0.717) is 17.5 Å². The lowest BCUT2D eigenvalue weighted by Crippen LogP contribution is -2.34. The molecular formula is C14H20N2O3. The van der Waals surface area contributed by atoms with Gasteiger partial charge in [0.2, 0.25) is 0 Å². The molecule has 1 N–H and O–H groups in total. The Balaban J connectivity index is 2.36. The van der Waals surface area contributed by atoms with E-state index in [-0.39, 0.29) is 12.3 Å². The Hall–Kier alpha value is -1.62. The molecule has 0 bridgehead atoms. The van der Waals surface area contributed by atoms with Crippen LogP contribution in [0.1, 0.15) is 32.3 Å².